The zero-order chi connectivity index (χ0) is 21.6. The van der Waals surface area contributed by atoms with Crippen LogP contribution in [0.4, 0.5) is 5.69 Å². The fraction of sp³-hybridized carbons (Fsp3) is 0.0800. The van der Waals surface area contributed by atoms with Crippen LogP contribution in [0.3, 0.4) is 0 Å². The van der Waals surface area contributed by atoms with Crippen LogP contribution >= 0.6 is 11.8 Å². The summed E-state index contributed by atoms with van der Waals surface area (Å²) in [5.74, 6) is 0.0685. The van der Waals surface area contributed by atoms with Crippen molar-refractivity contribution in [2.75, 3.05) is 11.1 Å². The second-order valence-corrected chi connectivity index (χ2v) is 7.93. The quantitative estimate of drug-likeness (QED) is 0.294. The molecule has 3 aromatic carbocycles. The highest BCUT2D eigenvalue weighted by Crippen LogP contribution is 2.32. The summed E-state index contributed by atoms with van der Waals surface area (Å²) in [7, 11) is 0. The number of thioether (sulfide) groups is 1. The fourth-order valence-electron chi connectivity index (χ4n) is 3.16. The molecule has 5 nitrogen and oxygen atoms in total. The van der Waals surface area contributed by atoms with E-state index < -0.39 is 0 Å². The van der Waals surface area contributed by atoms with Crippen LogP contribution in [-0.4, -0.2) is 27.4 Å². The summed E-state index contributed by atoms with van der Waals surface area (Å²) < 4.78 is 0. The Bertz CT molecular complexity index is 1130. The number of benzene rings is 3. The summed E-state index contributed by atoms with van der Waals surface area (Å²) in [5, 5.41) is 3.53. The Balaban J connectivity index is 1.49. The normalized spacial score (nSPS) is 10.6. The number of nitrogens with zero attached hydrogens (tertiary/aromatic N) is 1. The number of nitrogens with one attached hydrogen (secondary N) is 2. The Kier molecular flexibility index (Phi) is 6.29. The van der Waals surface area contributed by atoms with Gasteiger partial charge in [-0.2, -0.15) is 0 Å². The predicted octanol–water partition coefficient (Wildman–Crippen LogP) is 5.68. The fourth-order valence-corrected chi connectivity index (χ4v) is 3.83. The van der Waals surface area contributed by atoms with Crippen LogP contribution in [0.5, 0.6) is 0 Å². The van der Waals surface area contributed by atoms with Gasteiger partial charge in [-0.15, -0.1) is 0 Å². The summed E-state index contributed by atoms with van der Waals surface area (Å²) in [4.78, 5) is 31.9. The van der Waals surface area contributed by atoms with Gasteiger partial charge in [0, 0.05) is 22.4 Å². The number of hydrogen-bond acceptors (Lipinski definition) is 4. The van der Waals surface area contributed by atoms with Crippen molar-refractivity contribution in [1.82, 2.24) is 9.97 Å². The molecule has 4 rings (SSSR count). The molecular formula is C25H21N3O2S. The van der Waals surface area contributed by atoms with Crippen molar-refractivity contribution in [2.45, 2.75) is 12.1 Å². The number of Topliss-reactive ketones (excluding diaryl/α,β-unsaturated/α-hetero) is 1. The number of imidazole rings is 1. The molecule has 0 aliphatic rings. The molecule has 0 fully saturated rings. The average Bonchev–Trinajstić information content (AvgIpc) is 3.24. The van der Waals surface area contributed by atoms with Gasteiger partial charge in [0.25, 0.3) is 0 Å². The number of aromatic amines is 1. The molecule has 1 aromatic heterocycles. The third-order valence-corrected chi connectivity index (χ3v) is 5.58. The van der Waals surface area contributed by atoms with E-state index in [9.17, 15) is 9.59 Å². The Morgan fingerprint density at radius 1 is 0.871 bits per heavy atom. The lowest BCUT2D eigenvalue weighted by Gasteiger charge is -2.05. The lowest BCUT2D eigenvalue weighted by Crippen LogP contribution is -2.14. The summed E-state index contributed by atoms with van der Waals surface area (Å²) >= 11 is 1.35. The lowest BCUT2D eigenvalue weighted by molar-refractivity contribution is -0.113. The average molecular weight is 428 g/mol. The van der Waals surface area contributed by atoms with E-state index in [1.807, 2.05) is 60.7 Å². The highest BCUT2D eigenvalue weighted by atomic mass is 32.2. The summed E-state index contributed by atoms with van der Waals surface area (Å²) in [5.41, 5.74) is 5.11. The number of rotatable bonds is 7. The second kappa shape index (κ2) is 9.45. The van der Waals surface area contributed by atoms with E-state index in [-0.39, 0.29) is 17.4 Å². The molecule has 0 unspecified atom stereocenters. The van der Waals surface area contributed by atoms with Crippen LogP contribution in [0.1, 0.15) is 17.3 Å². The third kappa shape index (κ3) is 5.10. The molecule has 0 spiro atoms. The first-order chi connectivity index (χ1) is 15.1. The SMILES string of the molecule is CC(=O)c1ccc(NC(=O)CSc2nc(-c3ccccc3)c(-c3ccccc3)[nH]2)cc1. The summed E-state index contributed by atoms with van der Waals surface area (Å²) in [6.07, 6.45) is 0. The minimum absolute atomic E-state index is 0.00491. The highest BCUT2D eigenvalue weighted by molar-refractivity contribution is 7.99. The molecule has 0 aliphatic heterocycles. The van der Waals surface area contributed by atoms with Gasteiger partial charge in [-0.1, -0.05) is 72.4 Å². The maximum Gasteiger partial charge on any atom is 0.234 e. The summed E-state index contributed by atoms with van der Waals surface area (Å²) in [6, 6.07) is 26.9. The van der Waals surface area contributed by atoms with E-state index >= 15 is 0 Å². The highest BCUT2D eigenvalue weighted by Gasteiger charge is 2.15. The van der Waals surface area contributed by atoms with E-state index in [1.165, 1.54) is 18.7 Å². The van der Waals surface area contributed by atoms with Gasteiger partial charge in [-0.05, 0) is 31.2 Å². The smallest absolute Gasteiger partial charge is 0.234 e. The number of ketones is 1. The molecule has 4 aromatic rings. The first-order valence-corrected chi connectivity index (χ1v) is 10.8. The molecule has 1 heterocycles. The third-order valence-electron chi connectivity index (χ3n) is 4.71. The second-order valence-electron chi connectivity index (χ2n) is 6.97. The number of carbonyl (C=O) groups is 2. The first-order valence-electron chi connectivity index (χ1n) is 9.84. The maximum atomic E-state index is 12.4. The van der Waals surface area contributed by atoms with Gasteiger partial charge < -0.3 is 10.3 Å². The van der Waals surface area contributed by atoms with E-state index in [4.69, 9.17) is 4.98 Å². The van der Waals surface area contributed by atoms with Gasteiger partial charge in [0.1, 0.15) is 0 Å². The van der Waals surface area contributed by atoms with Gasteiger partial charge in [0.05, 0.1) is 17.1 Å². The van der Waals surface area contributed by atoms with Crippen molar-refractivity contribution < 1.29 is 9.59 Å². The molecule has 0 bridgehead atoms. The Morgan fingerprint density at radius 3 is 2.10 bits per heavy atom. The number of hydrogen-bond donors (Lipinski definition) is 2. The lowest BCUT2D eigenvalue weighted by atomic mass is 10.1. The van der Waals surface area contributed by atoms with Crippen molar-refractivity contribution in [3.63, 3.8) is 0 Å². The number of H-pyrrole nitrogens is 1. The largest absolute Gasteiger partial charge is 0.332 e. The van der Waals surface area contributed by atoms with Crippen molar-refractivity contribution >= 4 is 29.1 Å². The molecule has 154 valence electrons. The van der Waals surface area contributed by atoms with Crippen molar-refractivity contribution in [2.24, 2.45) is 0 Å². The van der Waals surface area contributed by atoms with E-state index in [0.717, 1.165) is 22.5 Å². The standard InChI is InChI=1S/C25H21N3O2S/c1-17(29)18-12-14-21(15-13-18)26-22(30)16-31-25-27-23(19-8-4-2-5-9-19)24(28-25)20-10-6-3-7-11-20/h2-15H,16H2,1H3,(H,26,30)(H,27,28). The first kappa shape index (κ1) is 20.6. The van der Waals surface area contributed by atoms with Crippen LogP contribution in [0, 0.1) is 0 Å². The zero-order valence-electron chi connectivity index (χ0n) is 17.0. The molecule has 0 saturated carbocycles. The Hall–Kier alpha value is -3.64. The minimum atomic E-state index is -0.139. The molecule has 0 saturated heterocycles. The molecule has 0 aliphatic carbocycles. The van der Waals surface area contributed by atoms with E-state index in [2.05, 4.69) is 10.3 Å². The number of anilines is 1. The number of carbonyl (C=O) groups excluding carboxylic acids is 2. The van der Waals surface area contributed by atoms with E-state index in [0.29, 0.717) is 16.4 Å². The van der Waals surface area contributed by atoms with Gasteiger partial charge >= 0.3 is 0 Å². The molecule has 1 amide bonds. The van der Waals surface area contributed by atoms with E-state index in [1.54, 1.807) is 24.3 Å². The number of aromatic nitrogens is 2. The Morgan fingerprint density at radius 2 is 1.48 bits per heavy atom. The topological polar surface area (TPSA) is 74.8 Å². The maximum absolute atomic E-state index is 12.4. The van der Waals surface area contributed by atoms with Gasteiger partial charge in [0.2, 0.25) is 5.91 Å². The Labute approximate surface area is 184 Å². The van der Waals surface area contributed by atoms with Crippen LogP contribution < -0.4 is 5.32 Å². The molecular weight excluding hydrogens is 406 g/mol. The van der Waals surface area contributed by atoms with Crippen molar-refractivity contribution in [1.29, 1.82) is 0 Å². The minimum Gasteiger partial charge on any atom is -0.332 e. The molecule has 6 heteroatoms. The molecule has 0 radical (unpaired) electrons. The van der Waals surface area contributed by atoms with Crippen LogP contribution in [0.15, 0.2) is 90.1 Å². The molecule has 2 N–H and O–H groups in total. The number of amides is 1. The molecule has 0 atom stereocenters. The van der Waals surface area contributed by atoms with Crippen LogP contribution in [-0.2, 0) is 4.79 Å². The van der Waals surface area contributed by atoms with Crippen molar-refractivity contribution in [3.05, 3.63) is 90.5 Å². The van der Waals surface area contributed by atoms with Crippen LogP contribution in [0.2, 0.25) is 0 Å². The van der Waals surface area contributed by atoms with Gasteiger partial charge in [-0.3, -0.25) is 9.59 Å². The van der Waals surface area contributed by atoms with Gasteiger partial charge in [0.15, 0.2) is 10.9 Å². The molecule has 31 heavy (non-hydrogen) atoms. The zero-order valence-corrected chi connectivity index (χ0v) is 17.8. The summed E-state index contributed by atoms with van der Waals surface area (Å²) in [6.45, 7) is 1.51. The monoisotopic (exact) mass is 427 g/mol. The van der Waals surface area contributed by atoms with Gasteiger partial charge in [-0.25, -0.2) is 4.98 Å². The van der Waals surface area contributed by atoms with Crippen LogP contribution in [0.25, 0.3) is 22.5 Å². The van der Waals surface area contributed by atoms with Crippen molar-refractivity contribution in [3.8, 4) is 22.5 Å². The predicted molar refractivity (Wildman–Crippen MR) is 125 cm³/mol.